The van der Waals surface area contributed by atoms with Crippen LogP contribution in [0.3, 0.4) is 0 Å². The van der Waals surface area contributed by atoms with Crippen molar-refractivity contribution in [3.05, 3.63) is 95.6 Å². The molecule has 1 heterocycles. The molecule has 0 spiro atoms. The fourth-order valence-corrected chi connectivity index (χ4v) is 4.01. The minimum absolute atomic E-state index is 0.000557. The van der Waals surface area contributed by atoms with Crippen LogP contribution in [-0.4, -0.2) is 48.1 Å². The Morgan fingerprint density at radius 2 is 1.21 bits per heavy atom. The van der Waals surface area contributed by atoms with Crippen LogP contribution >= 0.6 is 0 Å². The van der Waals surface area contributed by atoms with Crippen molar-refractivity contribution in [3.63, 3.8) is 0 Å². The summed E-state index contributed by atoms with van der Waals surface area (Å²) in [4.78, 5) is 40.4. The average Bonchev–Trinajstić information content (AvgIpc) is 3.12. The third kappa shape index (κ3) is 4.28. The summed E-state index contributed by atoms with van der Waals surface area (Å²) in [6.45, 7) is 0. The van der Waals surface area contributed by atoms with Crippen molar-refractivity contribution in [2.75, 3.05) is 14.2 Å². The van der Waals surface area contributed by atoms with E-state index < -0.39 is 23.8 Å². The third-order valence-corrected chi connectivity index (χ3v) is 5.74. The lowest BCUT2D eigenvalue weighted by atomic mass is 9.96. The topological polar surface area (TPSA) is 93.1 Å². The number of methoxy groups -OCH3 is 2. The van der Waals surface area contributed by atoms with Crippen LogP contribution in [-0.2, 0) is 20.8 Å². The average molecular weight is 457 g/mol. The molecule has 1 aliphatic heterocycles. The van der Waals surface area contributed by atoms with Crippen LogP contribution in [0.1, 0.15) is 16.7 Å². The number of carbonyl (C=O) groups excluding carboxylic acids is 2. The second kappa shape index (κ2) is 9.62. The Morgan fingerprint density at radius 3 is 1.59 bits per heavy atom. The molecule has 1 N–H and O–H groups in total. The van der Waals surface area contributed by atoms with E-state index in [4.69, 9.17) is 9.47 Å². The van der Waals surface area contributed by atoms with Crippen LogP contribution < -0.4 is 9.47 Å². The molecule has 1 atom stereocenters. The van der Waals surface area contributed by atoms with Gasteiger partial charge in [-0.2, -0.15) is 0 Å². The third-order valence-electron chi connectivity index (χ3n) is 5.74. The number of carboxylic acids is 1. The number of carboxylic acid groups (broad SMARTS) is 1. The molecule has 0 unspecified atom stereocenters. The Bertz CT molecular complexity index is 1180. The highest BCUT2D eigenvalue weighted by Gasteiger charge is 2.45. The predicted molar refractivity (Wildman–Crippen MR) is 126 cm³/mol. The summed E-state index contributed by atoms with van der Waals surface area (Å²) in [7, 11) is 3.06. The van der Waals surface area contributed by atoms with Crippen molar-refractivity contribution in [2.45, 2.75) is 12.5 Å². The SMILES string of the molecule is COc1ccc(C2=C(c3ccc(OC)cc3)C(=O)N([C@@H](Cc3ccccc3)C(=O)O)C2=O)cc1. The molecule has 3 aromatic carbocycles. The highest BCUT2D eigenvalue weighted by Crippen LogP contribution is 2.38. The van der Waals surface area contributed by atoms with Gasteiger partial charge in [0.2, 0.25) is 0 Å². The van der Waals surface area contributed by atoms with E-state index in [9.17, 15) is 19.5 Å². The molecular weight excluding hydrogens is 434 g/mol. The molecule has 34 heavy (non-hydrogen) atoms. The summed E-state index contributed by atoms with van der Waals surface area (Å²) in [5.74, 6) is -1.36. The lowest BCUT2D eigenvalue weighted by Gasteiger charge is -2.23. The van der Waals surface area contributed by atoms with Crippen LogP contribution in [0, 0.1) is 0 Å². The van der Waals surface area contributed by atoms with E-state index in [-0.39, 0.29) is 17.6 Å². The van der Waals surface area contributed by atoms with Crippen molar-refractivity contribution < 1.29 is 29.0 Å². The number of carbonyl (C=O) groups is 3. The zero-order chi connectivity index (χ0) is 24.2. The van der Waals surface area contributed by atoms with Gasteiger partial charge in [0, 0.05) is 6.42 Å². The first kappa shape index (κ1) is 22.8. The minimum atomic E-state index is -1.36. The summed E-state index contributed by atoms with van der Waals surface area (Å²) in [5.41, 5.74) is 2.00. The number of benzene rings is 3. The first-order chi connectivity index (χ1) is 16.4. The summed E-state index contributed by atoms with van der Waals surface area (Å²) in [6, 6.07) is 21.0. The Labute approximate surface area is 196 Å². The maximum Gasteiger partial charge on any atom is 0.327 e. The number of ether oxygens (including phenoxy) is 2. The number of imide groups is 1. The van der Waals surface area contributed by atoms with E-state index in [1.54, 1.807) is 72.8 Å². The van der Waals surface area contributed by atoms with Crippen LogP contribution in [0.15, 0.2) is 78.9 Å². The molecule has 172 valence electrons. The van der Waals surface area contributed by atoms with Crippen molar-refractivity contribution in [1.82, 2.24) is 4.90 Å². The maximum atomic E-state index is 13.6. The van der Waals surface area contributed by atoms with Gasteiger partial charge in [0.1, 0.15) is 17.5 Å². The molecule has 4 rings (SSSR count). The molecule has 7 nitrogen and oxygen atoms in total. The standard InChI is InChI=1S/C27H23NO6/c1-33-20-12-8-18(9-13-20)23-24(19-10-14-21(34-2)15-11-19)26(30)28(25(23)29)22(27(31)32)16-17-6-4-3-5-7-17/h3-15,22H,16H2,1-2H3,(H,31,32)/t22-/m0/s1. The lowest BCUT2D eigenvalue weighted by Crippen LogP contribution is -2.47. The van der Waals surface area contributed by atoms with Crippen LogP contribution in [0.4, 0.5) is 0 Å². The minimum Gasteiger partial charge on any atom is -0.497 e. The molecule has 0 saturated carbocycles. The van der Waals surface area contributed by atoms with Gasteiger partial charge in [0.05, 0.1) is 25.4 Å². The molecule has 0 saturated heterocycles. The Hall–Kier alpha value is -4.39. The summed E-state index contributed by atoms with van der Waals surface area (Å²) in [6.07, 6.45) is -0.000557. The molecule has 3 aromatic rings. The number of amides is 2. The first-order valence-electron chi connectivity index (χ1n) is 10.6. The summed E-state index contributed by atoms with van der Waals surface area (Å²) in [5, 5.41) is 9.98. The number of nitrogens with zero attached hydrogens (tertiary/aromatic N) is 1. The van der Waals surface area contributed by atoms with Gasteiger partial charge in [-0.05, 0) is 41.0 Å². The fourth-order valence-electron chi connectivity index (χ4n) is 4.01. The highest BCUT2D eigenvalue weighted by atomic mass is 16.5. The number of aliphatic carboxylic acids is 1. The second-order valence-corrected chi connectivity index (χ2v) is 7.73. The normalized spacial score (nSPS) is 14.4. The largest absolute Gasteiger partial charge is 0.497 e. The lowest BCUT2D eigenvalue weighted by molar-refractivity contribution is -0.152. The van der Waals surface area contributed by atoms with Crippen molar-refractivity contribution >= 4 is 28.9 Å². The van der Waals surface area contributed by atoms with Gasteiger partial charge in [-0.15, -0.1) is 0 Å². The van der Waals surface area contributed by atoms with Gasteiger partial charge in [-0.3, -0.25) is 14.5 Å². The summed E-state index contributed by atoms with van der Waals surface area (Å²) >= 11 is 0. The molecular formula is C27H23NO6. The summed E-state index contributed by atoms with van der Waals surface area (Å²) < 4.78 is 10.4. The fraction of sp³-hybridized carbons (Fsp3) is 0.148. The van der Waals surface area contributed by atoms with E-state index in [2.05, 4.69) is 0 Å². The van der Waals surface area contributed by atoms with E-state index in [0.717, 1.165) is 4.90 Å². The van der Waals surface area contributed by atoms with Crippen molar-refractivity contribution in [3.8, 4) is 11.5 Å². The first-order valence-corrected chi connectivity index (χ1v) is 10.6. The van der Waals surface area contributed by atoms with Gasteiger partial charge in [0.25, 0.3) is 11.8 Å². The van der Waals surface area contributed by atoms with Crippen molar-refractivity contribution in [1.29, 1.82) is 0 Å². The number of hydrogen-bond donors (Lipinski definition) is 1. The van der Waals surface area contributed by atoms with E-state index in [0.29, 0.717) is 28.2 Å². The van der Waals surface area contributed by atoms with Gasteiger partial charge < -0.3 is 14.6 Å². The van der Waals surface area contributed by atoms with Crippen LogP contribution in [0.2, 0.25) is 0 Å². The number of rotatable bonds is 8. The van der Waals surface area contributed by atoms with Gasteiger partial charge >= 0.3 is 5.97 Å². The van der Waals surface area contributed by atoms with E-state index in [1.165, 1.54) is 14.2 Å². The quantitative estimate of drug-likeness (QED) is 0.519. The van der Waals surface area contributed by atoms with Gasteiger partial charge in [0.15, 0.2) is 0 Å². The monoisotopic (exact) mass is 457 g/mol. The van der Waals surface area contributed by atoms with Crippen molar-refractivity contribution in [2.24, 2.45) is 0 Å². The Morgan fingerprint density at radius 1 is 0.765 bits per heavy atom. The number of hydrogen-bond acceptors (Lipinski definition) is 5. The molecule has 7 heteroatoms. The Kier molecular flexibility index (Phi) is 6.45. The zero-order valence-corrected chi connectivity index (χ0v) is 18.7. The molecule has 0 bridgehead atoms. The molecule has 0 radical (unpaired) electrons. The maximum absolute atomic E-state index is 13.6. The van der Waals surface area contributed by atoms with E-state index >= 15 is 0 Å². The smallest absolute Gasteiger partial charge is 0.327 e. The highest BCUT2D eigenvalue weighted by molar-refractivity contribution is 6.49. The second-order valence-electron chi connectivity index (χ2n) is 7.73. The Balaban J connectivity index is 1.82. The molecule has 0 fully saturated rings. The molecule has 2 amide bonds. The van der Waals surface area contributed by atoms with Crippen LogP contribution in [0.5, 0.6) is 11.5 Å². The predicted octanol–water partition coefficient (Wildman–Crippen LogP) is 3.68. The molecule has 0 aromatic heterocycles. The van der Waals surface area contributed by atoms with Gasteiger partial charge in [-0.25, -0.2) is 4.79 Å². The molecule has 0 aliphatic carbocycles. The molecule has 1 aliphatic rings. The van der Waals surface area contributed by atoms with E-state index in [1.807, 2.05) is 6.07 Å². The zero-order valence-electron chi connectivity index (χ0n) is 18.7. The van der Waals surface area contributed by atoms with Gasteiger partial charge in [-0.1, -0.05) is 54.6 Å². The van der Waals surface area contributed by atoms with Crippen LogP contribution in [0.25, 0.3) is 11.1 Å².